The minimum Gasteiger partial charge on any atom is -0.339 e. The van der Waals surface area contributed by atoms with Gasteiger partial charge in [0.15, 0.2) is 0 Å². The van der Waals surface area contributed by atoms with Crippen LogP contribution in [0, 0.1) is 5.92 Å². The van der Waals surface area contributed by atoms with Crippen molar-refractivity contribution in [1.82, 2.24) is 9.80 Å². The maximum atomic E-state index is 11.9. The predicted octanol–water partition coefficient (Wildman–Crippen LogP) is 0.442. The van der Waals surface area contributed by atoms with Crippen LogP contribution in [0.1, 0.15) is 33.1 Å². The summed E-state index contributed by atoms with van der Waals surface area (Å²) < 4.78 is 0. The molecule has 0 aromatic carbocycles. The van der Waals surface area contributed by atoms with Crippen LogP contribution >= 0.6 is 0 Å². The highest BCUT2D eigenvalue weighted by molar-refractivity contribution is 5.78. The van der Waals surface area contributed by atoms with Gasteiger partial charge in [0, 0.05) is 39.0 Å². The second-order valence-corrected chi connectivity index (χ2v) is 5.25. The molecule has 1 heterocycles. The molecule has 5 nitrogen and oxygen atoms in total. The Labute approximate surface area is 109 Å². The summed E-state index contributed by atoms with van der Waals surface area (Å²) in [5.41, 5.74) is 5.39. The first-order valence-electron chi connectivity index (χ1n) is 6.80. The van der Waals surface area contributed by atoms with Crippen molar-refractivity contribution in [3.63, 3.8) is 0 Å². The van der Waals surface area contributed by atoms with E-state index >= 15 is 0 Å². The minimum absolute atomic E-state index is 0.163. The molecule has 1 fully saturated rings. The number of amides is 2. The zero-order chi connectivity index (χ0) is 13.5. The summed E-state index contributed by atoms with van der Waals surface area (Å²) in [4.78, 5) is 27.4. The third-order valence-electron chi connectivity index (χ3n) is 3.16. The van der Waals surface area contributed by atoms with Crippen molar-refractivity contribution in [2.24, 2.45) is 11.7 Å². The van der Waals surface area contributed by atoms with Crippen LogP contribution in [-0.2, 0) is 9.59 Å². The Balaban J connectivity index is 2.32. The number of piperazine rings is 1. The average molecular weight is 255 g/mol. The second-order valence-electron chi connectivity index (χ2n) is 5.25. The summed E-state index contributed by atoms with van der Waals surface area (Å²) >= 11 is 0. The third-order valence-corrected chi connectivity index (χ3v) is 3.16. The molecule has 0 atom stereocenters. The molecule has 0 bridgehead atoms. The fraction of sp³-hybridized carbons (Fsp3) is 0.846. The summed E-state index contributed by atoms with van der Waals surface area (Å²) in [5.74, 6) is 0.761. The molecule has 1 saturated heterocycles. The van der Waals surface area contributed by atoms with E-state index in [0.717, 1.165) is 6.42 Å². The molecular weight excluding hydrogens is 230 g/mol. The van der Waals surface area contributed by atoms with Crippen molar-refractivity contribution in [2.45, 2.75) is 33.1 Å². The molecule has 1 rings (SSSR count). The van der Waals surface area contributed by atoms with Crippen LogP contribution < -0.4 is 5.73 Å². The first-order chi connectivity index (χ1) is 8.54. The number of hydrogen-bond donors (Lipinski definition) is 1. The Hall–Kier alpha value is -1.10. The molecular formula is C13H25N3O2. The number of hydrogen-bond acceptors (Lipinski definition) is 3. The fourth-order valence-corrected chi connectivity index (χ4v) is 2.09. The average Bonchev–Trinajstić information content (AvgIpc) is 2.35. The number of nitrogens with zero attached hydrogens (tertiary/aromatic N) is 2. The summed E-state index contributed by atoms with van der Waals surface area (Å²) in [6.07, 6.45) is 1.86. The quantitative estimate of drug-likeness (QED) is 0.775. The topological polar surface area (TPSA) is 66.6 Å². The lowest BCUT2D eigenvalue weighted by Crippen LogP contribution is -2.50. The van der Waals surface area contributed by atoms with E-state index in [9.17, 15) is 9.59 Å². The second kappa shape index (κ2) is 7.36. The zero-order valence-corrected chi connectivity index (χ0v) is 11.5. The summed E-state index contributed by atoms with van der Waals surface area (Å²) in [7, 11) is 0. The molecule has 18 heavy (non-hydrogen) atoms. The molecule has 1 aliphatic rings. The summed E-state index contributed by atoms with van der Waals surface area (Å²) in [6.45, 7) is 7.30. The molecule has 0 unspecified atom stereocenters. The SMILES string of the molecule is CC(C)CC(=O)N1CCN(C(=O)CCCN)CC1. The maximum absolute atomic E-state index is 11.9. The van der Waals surface area contributed by atoms with Gasteiger partial charge in [0.05, 0.1) is 0 Å². The van der Waals surface area contributed by atoms with Crippen LogP contribution in [0.2, 0.25) is 0 Å². The van der Waals surface area contributed by atoms with E-state index in [4.69, 9.17) is 5.73 Å². The molecule has 1 aliphatic heterocycles. The van der Waals surface area contributed by atoms with E-state index in [1.165, 1.54) is 0 Å². The highest BCUT2D eigenvalue weighted by atomic mass is 16.2. The molecule has 0 spiro atoms. The summed E-state index contributed by atoms with van der Waals surface area (Å²) in [6, 6.07) is 0. The van der Waals surface area contributed by atoms with Gasteiger partial charge in [-0.25, -0.2) is 0 Å². The van der Waals surface area contributed by atoms with Crippen molar-refractivity contribution < 1.29 is 9.59 Å². The number of nitrogens with two attached hydrogens (primary N) is 1. The van der Waals surface area contributed by atoms with E-state index in [1.54, 1.807) is 0 Å². The molecule has 0 aromatic heterocycles. The highest BCUT2D eigenvalue weighted by Gasteiger charge is 2.23. The lowest BCUT2D eigenvalue weighted by atomic mass is 10.1. The maximum Gasteiger partial charge on any atom is 0.222 e. The third kappa shape index (κ3) is 4.64. The van der Waals surface area contributed by atoms with E-state index < -0.39 is 0 Å². The van der Waals surface area contributed by atoms with Crippen LogP contribution in [0.15, 0.2) is 0 Å². The van der Waals surface area contributed by atoms with Gasteiger partial charge in [-0.1, -0.05) is 13.8 Å². The molecule has 0 saturated carbocycles. The van der Waals surface area contributed by atoms with E-state index in [-0.39, 0.29) is 11.8 Å². The first-order valence-corrected chi connectivity index (χ1v) is 6.80. The van der Waals surface area contributed by atoms with Crippen LogP contribution in [-0.4, -0.2) is 54.3 Å². The van der Waals surface area contributed by atoms with Gasteiger partial charge in [-0.05, 0) is 18.9 Å². The van der Waals surface area contributed by atoms with Crippen LogP contribution in [0.5, 0.6) is 0 Å². The van der Waals surface area contributed by atoms with Gasteiger partial charge in [-0.2, -0.15) is 0 Å². The van der Waals surface area contributed by atoms with Gasteiger partial charge < -0.3 is 15.5 Å². The van der Waals surface area contributed by atoms with Crippen LogP contribution in [0.4, 0.5) is 0 Å². The van der Waals surface area contributed by atoms with E-state index in [2.05, 4.69) is 0 Å². The largest absolute Gasteiger partial charge is 0.339 e. The Kier molecular flexibility index (Phi) is 6.12. The highest BCUT2D eigenvalue weighted by Crippen LogP contribution is 2.09. The van der Waals surface area contributed by atoms with Crippen molar-refractivity contribution >= 4 is 11.8 Å². The number of carbonyl (C=O) groups excluding carboxylic acids is 2. The van der Waals surface area contributed by atoms with Gasteiger partial charge in [0.1, 0.15) is 0 Å². The Morgan fingerprint density at radius 1 is 1.06 bits per heavy atom. The predicted molar refractivity (Wildman–Crippen MR) is 70.9 cm³/mol. The molecule has 5 heteroatoms. The zero-order valence-electron chi connectivity index (χ0n) is 11.5. The molecule has 2 amide bonds. The monoisotopic (exact) mass is 255 g/mol. The lowest BCUT2D eigenvalue weighted by molar-refractivity contribution is -0.140. The van der Waals surface area contributed by atoms with Crippen molar-refractivity contribution in [2.75, 3.05) is 32.7 Å². The smallest absolute Gasteiger partial charge is 0.222 e. The molecule has 0 aromatic rings. The molecule has 0 radical (unpaired) electrons. The van der Waals surface area contributed by atoms with Crippen LogP contribution in [0.25, 0.3) is 0 Å². The Morgan fingerprint density at radius 3 is 2.00 bits per heavy atom. The van der Waals surface area contributed by atoms with Gasteiger partial charge in [0.25, 0.3) is 0 Å². The van der Waals surface area contributed by atoms with Gasteiger partial charge in [0.2, 0.25) is 11.8 Å². The van der Waals surface area contributed by atoms with Crippen LogP contribution in [0.3, 0.4) is 0 Å². The number of rotatable bonds is 5. The van der Waals surface area contributed by atoms with Gasteiger partial charge in [-0.15, -0.1) is 0 Å². The Morgan fingerprint density at radius 2 is 1.56 bits per heavy atom. The van der Waals surface area contributed by atoms with Gasteiger partial charge >= 0.3 is 0 Å². The van der Waals surface area contributed by atoms with Crippen molar-refractivity contribution in [3.05, 3.63) is 0 Å². The normalized spacial score (nSPS) is 16.2. The number of carbonyl (C=O) groups is 2. The van der Waals surface area contributed by atoms with E-state index in [0.29, 0.717) is 51.5 Å². The van der Waals surface area contributed by atoms with Crippen molar-refractivity contribution in [1.29, 1.82) is 0 Å². The van der Waals surface area contributed by atoms with Crippen molar-refractivity contribution in [3.8, 4) is 0 Å². The minimum atomic E-state index is 0.163. The molecule has 104 valence electrons. The molecule has 2 N–H and O–H groups in total. The molecule has 0 aliphatic carbocycles. The van der Waals surface area contributed by atoms with Gasteiger partial charge in [-0.3, -0.25) is 9.59 Å². The Bertz CT molecular complexity index is 284. The first kappa shape index (κ1) is 15.0. The summed E-state index contributed by atoms with van der Waals surface area (Å²) in [5, 5.41) is 0. The standard InChI is InChI=1S/C13H25N3O2/c1-11(2)10-13(18)16-8-6-15(7-9-16)12(17)4-3-5-14/h11H,3-10,14H2,1-2H3. The van der Waals surface area contributed by atoms with E-state index in [1.807, 2.05) is 23.6 Å². The fourth-order valence-electron chi connectivity index (χ4n) is 2.09. The lowest BCUT2D eigenvalue weighted by Gasteiger charge is -2.35.